The average Bonchev–Trinajstić information content (AvgIpc) is 2.22. The third-order valence-electron chi connectivity index (χ3n) is 1.72. The quantitative estimate of drug-likeness (QED) is 0.300. The maximum absolute atomic E-state index is 10.9. The third kappa shape index (κ3) is 6.56. The van der Waals surface area contributed by atoms with Crippen LogP contribution in [0.15, 0.2) is 4.99 Å². The number of aliphatic imine (C=N–C) groups is 1. The van der Waals surface area contributed by atoms with Gasteiger partial charge in [-0.25, -0.2) is 0 Å². The molecule has 0 saturated carbocycles. The topological polar surface area (TPSA) is 65.5 Å². The van der Waals surface area contributed by atoms with Crippen LogP contribution < -0.4 is 16.0 Å². The molecule has 82 valence electrons. The summed E-state index contributed by atoms with van der Waals surface area (Å²) in [4.78, 5) is 15.0. The normalized spacial score (nSPS) is 13.1. The number of carbonyl (C=O) groups excluding carboxylic acids is 1. The molecule has 0 aliphatic rings. The first kappa shape index (κ1) is 13.1. The number of nitrogens with one attached hydrogen (secondary N) is 3. The van der Waals surface area contributed by atoms with Gasteiger partial charge in [0.25, 0.3) is 5.91 Å². The van der Waals surface area contributed by atoms with Crippen molar-refractivity contribution in [1.29, 1.82) is 0 Å². The van der Waals surface area contributed by atoms with Gasteiger partial charge in [-0.15, -0.1) is 0 Å². The minimum Gasteiger partial charge on any atom is -0.354 e. The zero-order chi connectivity index (χ0) is 10.8. The van der Waals surface area contributed by atoms with Gasteiger partial charge in [0.1, 0.15) is 6.17 Å². The molecule has 1 amide bonds. The van der Waals surface area contributed by atoms with Gasteiger partial charge in [0.15, 0.2) is 0 Å². The van der Waals surface area contributed by atoms with Crippen LogP contribution in [0, 0.1) is 0 Å². The Morgan fingerprint density at radius 3 is 2.71 bits per heavy atom. The standard InChI is InChI=1S/C9H20N4O/c1-4-8(13-7-11-5-2)12-6-9(14)10-3/h6,8,11,13H,4-5,7H2,1-3H3,(H,10,14). The van der Waals surface area contributed by atoms with Gasteiger partial charge in [-0.1, -0.05) is 13.8 Å². The molecule has 0 aromatic heterocycles. The number of hydrogen-bond acceptors (Lipinski definition) is 4. The average molecular weight is 200 g/mol. The molecular weight excluding hydrogens is 180 g/mol. The first-order valence-electron chi connectivity index (χ1n) is 4.93. The molecule has 0 heterocycles. The molecule has 5 nitrogen and oxygen atoms in total. The smallest absolute Gasteiger partial charge is 0.261 e. The van der Waals surface area contributed by atoms with Crippen molar-refractivity contribution < 1.29 is 4.79 Å². The lowest BCUT2D eigenvalue weighted by molar-refractivity contribution is -0.113. The van der Waals surface area contributed by atoms with E-state index in [2.05, 4.69) is 20.9 Å². The molecule has 14 heavy (non-hydrogen) atoms. The predicted molar refractivity (Wildman–Crippen MR) is 58.3 cm³/mol. The third-order valence-corrected chi connectivity index (χ3v) is 1.72. The molecule has 0 aliphatic carbocycles. The molecule has 0 aromatic carbocycles. The van der Waals surface area contributed by atoms with Crippen molar-refractivity contribution in [1.82, 2.24) is 16.0 Å². The van der Waals surface area contributed by atoms with E-state index in [1.807, 2.05) is 13.8 Å². The molecule has 0 spiro atoms. The summed E-state index contributed by atoms with van der Waals surface area (Å²) in [6, 6.07) is 0. The molecular formula is C9H20N4O. The monoisotopic (exact) mass is 200 g/mol. The van der Waals surface area contributed by atoms with Crippen molar-refractivity contribution in [3.63, 3.8) is 0 Å². The minimum absolute atomic E-state index is 0.00588. The van der Waals surface area contributed by atoms with Crippen LogP contribution in [-0.2, 0) is 4.79 Å². The zero-order valence-corrected chi connectivity index (χ0v) is 9.13. The number of carbonyl (C=O) groups is 1. The van der Waals surface area contributed by atoms with Gasteiger partial charge in [0.2, 0.25) is 0 Å². The first-order valence-corrected chi connectivity index (χ1v) is 4.93. The van der Waals surface area contributed by atoms with Crippen LogP contribution in [0.5, 0.6) is 0 Å². The Morgan fingerprint density at radius 1 is 1.50 bits per heavy atom. The Bertz CT molecular complexity index is 182. The summed E-state index contributed by atoms with van der Waals surface area (Å²) < 4.78 is 0. The molecule has 3 N–H and O–H groups in total. The Morgan fingerprint density at radius 2 is 2.21 bits per heavy atom. The maximum atomic E-state index is 10.9. The molecule has 0 saturated heterocycles. The second kappa shape index (κ2) is 8.65. The van der Waals surface area contributed by atoms with Crippen LogP contribution in [0.4, 0.5) is 0 Å². The number of hydrogen-bond donors (Lipinski definition) is 3. The minimum atomic E-state index is -0.172. The fraction of sp³-hybridized carbons (Fsp3) is 0.778. The largest absolute Gasteiger partial charge is 0.354 e. The van der Waals surface area contributed by atoms with Gasteiger partial charge in [-0.2, -0.15) is 0 Å². The highest BCUT2D eigenvalue weighted by Crippen LogP contribution is 1.89. The highest BCUT2D eigenvalue weighted by molar-refractivity contribution is 6.26. The van der Waals surface area contributed by atoms with Crippen molar-refractivity contribution in [3.05, 3.63) is 0 Å². The molecule has 1 unspecified atom stereocenters. The highest BCUT2D eigenvalue weighted by Gasteiger charge is 2.00. The number of nitrogens with zero attached hydrogens (tertiary/aromatic N) is 1. The summed E-state index contributed by atoms with van der Waals surface area (Å²) in [5.74, 6) is -0.172. The fourth-order valence-electron chi connectivity index (χ4n) is 0.840. The SMILES string of the molecule is CCNCNC(CC)N=CC(=O)NC. The van der Waals surface area contributed by atoms with E-state index in [9.17, 15) is 4.79 Å². The Hall–Kier alpha value is -0.940. The Labute approximate surface area is 85.4 Å². The van der Waals surface area contributed by atoms with Gasteiger partial charge in [0.05, 0.1) is 6.21 Å². The summed E-state index contributed by atoms with van der Waals surface area (Å²) in [7, 11) is 1.58. The van der Waals surface area contributed by atoms with Gasteiger partial charge in [-0.3, -0.25) is 15.1 Å². The van der Waals surface area contributed by atoms with E-state index in [0.29, 0.717) is 6.67 Å². The lowest BCUT2D eigenvalue weighted by Crippen LogP contribution is -2.36. The fourth-order valence-corrected chi connectivity index (χ4v) is 0.840. The predicted octanol–water partition coefficient (Wildman–Crippen LogP) is -0.304. The van der Waals surface area contributed by atoms with E-state index in [4.69, 9.17) is 0 Å². The van der Waals surface area contributed by atoms with Crippen molar-refractivity contribution >= 4 is 12.1 Å². The van der Waals surface area contributed by atoms with Gasteiger partial charge >= 0.3 is 0 Å². The highest BCUT2D eigenvalue weighted by atomic mass is 16.1. The van der Waals surface area contributed by atoms with Crippen LogP contribution in [0.25, 0.3) is 0 Å². The van der Waals surface area contributed by atoms with E-state index >= 15 is 0 Å². The molecule has 0 aromatic rings. The van der Waals surface area contributed by atoms with Gasteiger partial charge in [0, 0.05) is 13.7 Å². The van der Waals surface area contributed by atoms with Crippen LogP contribution >= 0.6 is 0 Å². The summed E-state index contributed by atoms with van der Waals surface area (Å²) in [6.45, 7) is 5.68. The zero-order valence-electron chi connectivity index (χ0n) is 9.13. The number of rotatable bonds is 7. The Balaban J connectivity index is 3.77. The van der Waals surface area contributed by atoms with Gasteiger partial charge < -0.3 is 10.6 Å². The second-order valence-corrected chi connectivity index (χ2v) is 2.80. The van der Waals surface area contributed by atoms with E-state index in [1.54, 1.807) is 7.05 Å². The summed E-state index contributed by atoms with van der Waals surface area (Å²) in [6.07, 6.45) is 2.18. The van der Waals surface area contributed by atoms with Crippen LogP contribution in [0.2, 0.25) is 0 Å². The lowest BCUT2D eigenvalue weighted by Gasteiger charge is -2.11. The summed E-state index contributed by atoms with van der Waals surface area (Å²) >= 11 is 0. The molecule has 0 aliphatic heterocycles. The summed E-state index contributed by atoms with van der Waals surface area (Å²) in [5, 5.41) is 8.77. The Kier molecular flexibility index (Phi) is 8.07. The van der Waals surface area contributed by atoms with Crippen molar-refractivity contribution in [3.8, 4) is 0 Å². The van der Waals surface area contributed by atoms with Crippen LogP contribution in [0.3, 0.4) is 0 Å². The number of amides is 1. The van der Waals surface area contributed by atoms with Crippen molar-refractivity contribution in [2.75, 3.05) is 20.3 Å². The van der Waals surface area contributed by atoms with Crippen LogP contribution in [0.1, 0.15) is 20.3 Å². The molecule has 0 rings (SSSR count). The summed E-state index contributed by atoms with van der Waals surface area (Å²) in [5.41, 5.74) is 0. The van der Waals surface area contributed by atoms with Gasteiger partial charge in [-0.05, 0) is 13.0 Å². The maximum Gasteiger partial charge on any atom is 0.261 e. The van der Waals surface area contributed by atoms with Crippen molar-refractivity contribution in [2.45, 2.75) is 26.4 Å². The molecule has 5 heteroatoms. The lowest BCUT2D eigenvalue weighted by atomic mass is 10.4. The molecule has 0 radical (unpaired) electrons. The molecule has 1 atom stereocenters. The molecule has 0 fully saturated rings. The molecule has 0 bridgehead atoms. The van der Waals surface area contributed by atoms with E-state index in [-0.39, 0.29) is 12.1 Å². The van der Waals surface area contributed by atoms with Crippen molar-refractivity contribution in [2.24, 2.45) is 4.99 Å². The van der Waals surface area contributed by atoms with E-state index in [1.165, 1.54) is 6.21 Å². The van der Waals surface area contributed by atoms with E-state index in [0.717, 1.165) is 13.0 Å². The first-order chi connectivity index (χ1) is 6.74. The van der Waals surface area contributed by atoms with Crippen LogP contribution in [-0.4, -0.2) is 38.5 Å². The second-order valence-electron chi connectivity index (χ2n) is 2.80. The van der Waals surface area contributed by atoms with E-state index < -0.39 is 0 Å².